The number of rotatable bonds is 3. The summed E-state index contributed by atoms with van der Waals surface area (Å²) in [7, 11) is 0. The van der Waals surface area contributed by atoms with Crippen LogP contribution in [0.3, 0.4) is 0 Å². The van der Waals surface area contributed by atoms with Crippen molar-refractivity contribution in [2.45, 2.75) is 32.6 Å². The zero-order valence-corrected chi connectivity index (χ0v) is 14.4. The molecule has 1 saturated heterocycles. The number of fused-ring (bicyclic) bond motifs is 1. The van der Waals surface area contributed by atoms with E-state index in [9.17, 15) is 9.59 Å². The van der Waals surface area contributed by atoms with Gasteiger partial charge >= 0.3 is 5.97 Å². The van der Waals surface area contributed by atoms with E-state index in [1.54, 1.807) is 24.0 Å². The van der Waals surface area contributed by atoms with Crippen LogP contribution in [-0.2, 0) is 9.53 Å². The molecule has 1 aliphatic rings. The first-order chi connectivity index (χ1) is 11.6. The molecule has 5 nitrogen and oxygen atoms in total. The molecule has 3 rings (SSSR count). The Morgan fingerprint density at radius 3 is 2.58 bits per heavy atom. The Labute approximate surface area is 145 Å². The van der Waals surface area contributed by atoms with Gasteiger partial charge in [0.05, 0.1) is 5.02 Å². The quantitative estimate of drug-likeness (QED) is 0.787. The molecule has 2 aromatic rings. The van der Waals surface area contributed by atoms with Crippen LogP contribution in [0, 0.1) is 6.92 Å². The van der Waals surface area contributed by atoms with Gasteiger partial charge in [-0.15, -0.1) is 0 Å². The first kappa shape index (κ1) is 16.8. The van der Waals surface area contributed by atoms with Gasteiger partial charge in [0.25, 0.3) is 5.91 Å². The molecule has 2 heterocycles. The third-order valence-electron chi connectivity index (χ3n) is 4.39. The highest BCUT2D eigenvalue weighted by Gasteiger charge is 2.22. The highest BCUT2D eigenvalue weighted by Crippen LogP contribution is 2.31. The minimum Gasteiger partial charge on any atom is -0.450 e. The summed E-state index contributed by atoms with van der Waals surface area (Å²) in [6.45, 7) is 2.98. The van der Waals surface area contributed by atoms with Crippen molar-refractivity contribution in [2.75, 3.05) is 19.7 Å². The van der Waals surface area contributed by atoms with Gasteiger partial charge in [0.1, 0.15) is 0 Å². The summed E-state index contributed by atoms with van der Waals surface area (Å²) < 4.78 is 10.7. The zero-order valence-electron chi connectivity index (χ0n) is 13.6. The van der Waals surface area contributed by atoms with Crippen LogP contribution in [-0.4, -0.2) is 36.5 Å². The van der Waals surface area contributed by atoms with Crippen LogP contribution in [0.1, 0.15) is 41.8 Å². The summed E-state index contributed by atoms with van der Waals surface area (Å²) in [6, 6.07) is 5.33. The molecule has 0 spiro atoms. The Morgan fingerprint density at radius 1 is 1.21 bits per heavy atom. The van der Waals surface area contributed by atoms with Crippen LogP contribution in [0.5, 0.6) is 0 Å². The fourth-order valence-electron chi connectivity index (χ4n) is 3.01. The van der Waals surface area contributed by atoms with Crippen molar-refractivity contribution in [1.82, 2.24) is 4.90 Å². The molecular weight excluding hydrogens is 330 g/mol. The number of aryl methyl sites for hydroxylation is 1. The summed E-state index contributed by atoms with van der Waals surface area (Å²) in [4.78, 5) is 26.2. The van der Waals surface area contributed by atoms with Gasteiger partial charge in [-0.05, 0) is 25.8 Å². The number of nitrogens with zero attached hydrogens (tertiary/aromatic N) is 1. The molecule has 1 amide bonds. The smallest absolute Gasteiger partial charge is 0.375 e. The molecule has 0 atom stereocenters. The van der Waals surface area contributed by atoms with Crippen LogP contribution >= 0.6 is 11.6 Å². The van der Waals surface area contributed by atoms with Gasteiger partial charge in [-0.3, -0.25) is 4.79 Å². The summed E-state index contributed by atoms with van der Waals surface area (Å²) in [6.07, 6.45) is 4.28. The lowest BCUT2D eigenvalue weighted by atomic mass is 10.1. The van der Waals surface area contributed by atoms with Crippen LogP contribution < -0.4 is 0 Å². The minimum absolute atomic E-state index is 0.0989. The number of likely N-dealkylation sites (tertiary alicyclic amines) is 1. The standard InChI is InChI=1S/C18H20ClNO4/c1-12-13-7-6-8-14(19)17(13)24-16(12)18(22)23-11-15(21)20-9-4-2-3-5-10-20/h6-8H,2-5,9-11H2,1H3. The average molecular weight is 350 g/mol. The van der Waals surface area contributed by atoms with Crippen molar-refractivity contribution >= 4 is 34.4 Å². The maximum absolute atomic E-state index is 12.3. The van der Waals surface area contributed by atoms with E-state index >= 15 is 0 Å². The van der Waals surface area contributed by atoms with Gasteiger partial charge in [0.2, 0.25) is 5.76 Å². The number of hydrogen-bond acceptors (Lipinski definition) is 4. The number of ether oxygens (including phenoxy) is 1. The van der Waals surface area contributed by atoms with E-state index in [1.165, 1.54) is 0 Å². The molecule has 0 N–H and O–H groups in total. The van der Waals surface area contributed by atoms with Gasteiger partial charge in [-0.1, -0.05) is 36.6 Å². The molecule has 128 valence electrons. The van der Waals surface area contributed by atoms with Gasteiger partial charge in [-0.2, -0.15) is 0 Å². The summed E-state index contributed by atoms with van der Waals surface area (Å²) in [5.74, 6) is -0.693. The summed E-state index contributed by atoms with van der Waals surface area (Å²) in [5, 5.41) is 1.21. The van der Waals surface area contributed by atoms with Crippen molar-refractivity contribution in [3.8, 4) is 0 Å². The van der Waals surface area contributed by atoms with Crippen molar-refractivity contribution in [3.05, 3.63) is 34.5 Å². The van der Waals surface area contributed by atoms with E-state index in [1.807, 2.05) is 6.07 Å². The maximum atomic E-state index is 12.3. The Morgan fingerprint density at radius 2 is 1.92 bits per heavy atom. The molecule has 1 aromatic carbocycles. The predicted molar refractivity (Wildman–Crippen MR) is 91.3 cm³/mol. The van der Waals surface area contributed by atoms with Gasteiger partial charge < -0.3 is 14.1 Å². The minimum atomic E-state index is -0.636. The molecule has 6 heteroatoms. The Kier molecular flexibility index (Phi) is 5.09. The van der Waals surface area contributed by atoms with Crippen LogP contribution in [0.4, 0.5) is 0 Å². The summed E-state index contributed by atoms with van der Waals surface area (Å²) >= 11 is 6.08. The number of amides is 1. The van der Waals surface area contributed by atoms with E-state index in [-0.39, 0.29) is 18.3 Å². The SMILES string of the molecule is Cc1c(C(=O)OCC(=O)N2CCCCCC2)oc2c(Cl)cccc12. The second kappa shape index (κ2) is 7.26. The molecule has 0 bridgehead atoms. The molecule has 0 saturated carbocycles. The monoisotopic (exact) mass is 349 g/mol. The highest BCUT2D eigenvalue weighted by molar-refractivity contribution is 6.35. The molecule has 1 fully saturated rings. The number of benzene rings is 1. The van der Waals surface area contributed by atoms with Gasteiger partial charge in [0, 0.05) is 24.0 Å². The first-order valence-corrected chi connectivity index (χ1v) is 8.58. The molecule has 24 heavy (non-hydrogen) atoms. The number of hydrogen-bond donors (Lipinski definition) is 0. The molecule has 1 aromatic heterocycles. The van der Waals surface area contributed by atoms with Crippen LogP contribution in [0.15, 0.2) is 22.6 Å². The van der Waals surface area contributed by atoms with Gasteiger partial charge in [-0.25, -0.2) is 4.79 Å². The zero-order chi connectivity index (χ0) is 17.1. The van der Waals surface area contributed by atoms with E-state index in [0.717, 1.165) is 44.2 Å². The Bertz CT molecular complexity index is 760. The number of esters is 1. The largest absolute Gasteiger partial charge is 0.450 e. The second-order valence-electron chi connectivity index (χ2n) is 6.04. The average Bonchev–Trinajstić information content (AvgIpc) is 2.77. The van der Waals surface area contributed by atoms with Crippen molar-refractivity contribution < 1.29 is 18.7 Å². The Balaban J connectivity index is 1.68. The lowest BCUT2D eigenvalue weighted by Gasteiger charge is -2.19. The number of carbonyl (C=O) groups is 2. The molecule has 0 aliphatic carbocycles. The van der Waals surface area contributed by atoms with E-state index < -0.39 is 5.97 Å². The molecule has 1 aliphatic heterocycles. The van der Waals surface area contributed by atoms with Gasteiger partial charge in [0.15, 0.2) is 12.2 Å². The molecule has 0 radical (unpaired) electrons. The van der Waals surface area contributed by atoms with E-state index in [2.05, 4.69) is 0 Å². The lowest BCUT2D eigenvalue weighted by Crippen LogP contribution is -2.35. The third kappa shape index (κ3) is 3.41. The molecular formula is C18H20ClNO4. The summed E-state index contributed by atoms with van der Waals surface area (Å²) in [5.41, 5.74) is 1.13. The lowest BCUT2D eigenvalue weighted by molar-refractivity contribution is -0.134. The number of halogens is 1. The highest BCUT2D eigenvalue weighted by atomic mass is 35.5. The number of furan rings is 1. The van der Waals surface area contributed by atoms with Crippen molar-refractivity contribution in [2.24, 2.45) is 0 Å². The fraction of sp³-hybridized carbons (Fsp3) is 0.444. The number of carbonyl (C=O) groups excluding carboxylic acids is 2. The first-order valence-electron chi connectivity index (χ1n) is 8.20. The topological polar surface area (TPSA) is 59.8 Å². The predicted octanol–water partition coefficient (Wildman–Crippen LogP) is 3.95. The second-order valence-corrected chi connectivity index (χ2v) is 6.45. The number of para-hydroxylation sites is 1. The normalized spacial score (nSPS) is 15.3. The third-order valence-corrected chi connectivity index (χ3v) is 4.68. The van der Waals surface area contributed by atoms with Crippen molar-refractivity contribution in [1.29, 1.82) is 0 Å². The fourth-order valence-corrected chi connectivity index (χ4v) is 3.22. The van der Waals surface area contributed by atoms with E-state index in [0.29, 0.717) is 16.2 Å². The van der Waals surface area contributed by atoms with Crippen LogP contribution in [0.2, 0.25) is 5.02 Å². The maximum Gasteiger partial charge on any atom is 0.375 e. The molecule has 0 unspecified atom stereocenters. The Hall–Kier alpha value is -2.01. The van der Waals surface area contributed by atoms with Crippen LogP contribution in [0.25, 0.3) is 11.0 Å². The van der Waals surface area contributed by atoms with E-state index in [4.69, 9.17) is 20.8 Å². The van der Waals surface area contributed by atoms with Crippen molar-refractivity contribution in [3.63, 3.8) is 0 Å².